The molecule has 0 aliphatic heterocycles. The molecule has 0 heterocycles. The fourth-order valence-corrected chi connectivity index (χ4v) is 3.47. The summed E-state index contributed by atoms with van der Waals surface area (Å²) in [7, 11) is 0. The van der Waals surface area contributed by atoms with E-state index in [9.17, 15) is 4.39 Å². The minimum Gasteiger partial charge on any atom is -0.479 e. The number of hydrogen-bond donors (Lipinski definition) is 1. The molecule has 0 amide bonds. The smallest absolute Gasteiger partial charge is 0.149 e. The first-order valence-electron chi connectivity index (χ1n) is 6.24. The Kier molecular flexibility index (Phi) is 6.13. The van der Waals surface area contributed by atoms with Crippen molar-refractivity contribution in [2.75, 3.05) is 11.9 Å². The third-order valence-electron chi connectivity index (χ3n) is 2.77. The van der Waals surface area contributed by atoms with Crippen LogP contribution in [-0.2, 0) is 6.54 Å². The average Bonchev–Trinajstić information content (AvgIpc) is 2.48. The minimum atomic E-state index is -0.437. The fraction of sp³-hybridized carbons (Fsp3) is 0.125. The highest BCUT2D eigenvalue weighted by molar-refractivity contribution is 9.11. The molecule has 2 nitrogen and oxygen atoms in total. The van der Waals surface area contributed by atoms with Gasteiger partial charge in [-0.3, -0.25) is 0 Å². The molecule has 0 atom stereocenters. The molecular weight excluding hydrogens is 436 g/mol. The summed E-state index contributed by atoms with van der Waals surface area (Å²) in [6, 6.07) is 8.36. The Hall–Kier alpha value is -1.22. The zero-order valence-corrected chi connectivity index (χ0v) is 15.2. The van der Waals surface area contributed by atoms with Crippen molar-refractivity contribution in [3.05, 3.63) is 55.7 Å². The van der Waals surface area contributed by atoms with Crippen LogP contribution in [0.25, 0.3) is 0 Å². The summed E-state index contributed by atoms with van der Waals surface area (Å²) in [5.74, 6) is 2.64. The highest BCUT2D eigenvalue weighted by Crippen LogP contribution is 2.35. The topological polar surface area (TPSA) is 21.3 Å². The van der Waals surface area contributed by atoms with Gasteiger partial charge in [0.1, 0.15) is 18.2 Å². The minimum absolute atomic E-state index is 0.0883. The highest BCUT2D eigenvalue weighted by atomic mass is 79.9. The molecule has 0 radical (unpaired) electrons. The van der Waals surface area contributed by atoms with Gasteiger partial charge in [0.05, 0.1) is 14.0 Å². The Morgan fingerprint density at radius 3 is 2.50 bits per heavy atom. The van der Waals surface area contributed by atoms with Crippen LogP contribution in [0.1, 0.15) is 5.56 Å². The fourth-order valence-electron chi connectivity index (χ4n) is 1.78. The first kappa shape index (κ1) is 17.1. The second kappa shape index (κ2) is 7.87. The number of rotatable bonds is 5. The SMILES string of the molecule is C#CCOc1c(Br)cc(CNc2ccc(F)c(Cl)c2)cc1Br. The lowest BCUT2D eigenvalue weighted by molar-refractivity contribution is 0.365. The predicted molar refractivity (Wildman–Crippen MR) is 94.9 cm³/mol. The molecule has 0 bridgehead atoms. The second-order valence-corrected chi connectivity index (χ2v) is 6.48. The van der Waals surface area contributed by atoms with Gasteiger partial charge in [0.15, 0.2) is 0 Å². The molecule has 0 aliphatic rings. The largest absolute Gasteiger partial charge is 0.479 e. The lowest BCUT2D eigenvalue weighted by Gasteiger charge is -2.12. The number of benzene rings is 2. The van der Waals surface area contributed by atoms with E-state index in [1.807, 2.05) is 12.1 Å². The van der Waals surface area contributed by atoms with Crippen LogP contribution in [0.15, 0.2) is 39.3 Å². The zero-order valence-electron chi connectivity index (χ0n) is 11.3. The van der Waals surface area contributed by atoms with Crippen molar-refractivity contribution in [2.45, 2.75) is 6.54 Å². The van der Waals surface area contributed by atoms with E-state index in [0.717, 1.165) is 20.2 Å². The van der Waals surface area contributed by atoms with Crippen LogP contribution in [-0.4, -0.2) is 6.61 Å². The Morgan fingerprint density at radius 1 is 1.23 bits per heavy atom. The molecule has 0 unspecified atom stereocenters. The number of terminal acetylenes is 1. The maximum Gasteiger partial charge on any atom is 0.149 e. The number of halogens is 4. The summed E-state index contributed by atoms with van der Waals surface area (Å²) >= 11 is 12.7. The second-order valence-electron chi connectivity index (χ2n) is 4.36. The van der Waals surface area contributed by atoms with E-state index in [1.165, 1.54) is 6.07 Å². The lowest BCUT2D eigenvalue weighted by Crippen LogP contribution is -2.01. The number of ether oxygens (including phenoxy) is 1. The average molecular weight is 448 g/mol. The monoisotopic (exact) mass is 445 g/mol. The molecule has 0 saturated carbocycles. The van der Waals surface area contributed by atoms with E-state index in [-0.39, 0.29) is 11.6 Å². The Bertz CT molecular complexity index is 708. The molecule has 0 aliphatic carbocycles. The molecule has 0 fully saturated rings. The molecule has 2 aromatic carbocycles. The van der Waals surface area contributed by atoms with Crippen LogP contribution < -0.4 is 10.1 Å². The van der Waals surface area contributed by atoms with E-state index >= 15 is 0 Å². The van der Waals surface area contributed by atoms with Gasteiger partial charge < -0.3 is 10.1 Å². The van der Waals surface area contributed by atoms with Crippen molar-refractivity contribution in [1.29, 1.82) is 0 Å². The summed E-state index contributed by atoms with van der Waals surface area (Å²) in [5, 5.41) is 3.27. The van der Waals surface area contributed by atoms with Crippen molar-refractivity contribution in [3.63, 3.8) is 0 Å². The van der Waals surface area contributed by atoms with E-state index in [2.05, 4.69) is 43.1 Å². The Morgan fingerprint density at radius 2 is 1.91 bits per heavy atom. The summed E-state index contributed by atoms with van der Waals surface area (Å²) in [5.41, 5.74) is 1.75. The van der Waals surface area contributed by atoms with E-state index in [4.69, 9.17) is 22.8 Å². The van der Waals surface area contributed by atoms with Gasteiger partial charge >= 0.3 is 0 Å². The standard InChI is InChI=1S/C16H11Br2ClFNO/c1-2-5-22-16-12(17)6-10(7-13(16)18)9-21-11-3-4-15(20)14(19)8-11/h1,3-4,6-8,21H,5,9H2. The molecule has 0 aromatic heterocycles. The van der Waals surface area contributed by atoms with Gasteiger partial charge in [0.2, 0.25) is 0 Å². The van der Waals surface area contributed by atoms with Gasteiger partial charge in [-0.15, -0.1) is 6.42 Å². The van der Waals surface area contributed by atoms with Crippen LogP contribution in [0, 0.1) is 18.2 Å². The van der Waals surface area contributed by atoms with Crippen LogP contribution in [0.3, 0.4) is 0 Å². The molecular formula is C16H11Br2ClFNO. The van der Waals surface area contributed by atoms with E-state index in [0.29, 0.717) is 12.3 Å². The van der Waals surface area contributed by atoms with Crippen LogP contribution in [0.2, 0.25) is 5.02 Å². The van der Waals surface area contributed by atoms with Crippen LogP contribution >= 0.6 is 43.5 Å². The molecule has 114 valence electrons. The third kappa shape index (κ3) is 4.39. The highest BCUT2D eigenvalue weighted by Gasteiger charge is 2.09. The molecule has 2 rings (SSSR count). The maximum atomic E-state index is 13.1. The summed E-state index contributed by atoms with van der Waals surface area (Å²) < 4.78 is 20.2. The Labute approximate surface area is 150 Å². The van der Waals surface area contributed by atoms with Gasteiger partial charge in [-0.05, 0) is 67.8 Å². The van der Waals surface area contributed by atoms with Crippen molar-refractivity contribution >= 4 is 49.1 Å². The van der Waals surface area contributed by atoms with Crippen molar-refractivity contribution in [2.24, 2.45) is 0 Å². The van der Waals surface area contributed by atoms with Crippen molar-refractivity contribution in [1.82, 2.24) is 0 Å². The summed E-state index contributed by atoms with van der Waals surface area (Å²) in [6.07, 6.45) is 5.19. The lowest BCUT2D eigenvalue weighted by atomic mass is 10.2. The number of anilines is 1. The van der Waals surface area contributed by atoms with Gasteiger partial charge in [0.25, 0.3) is 0 Å². The molecule has 2 aromatic rings. The quantitative estimate of drug-likeness (QED) is 0.600. The van der Waals surface area contributed by atoms with Gasteiger partial charge in [-0.1, -0.05) is 17.5 Å². The molecule has 1 N–H and O–H groups in total. The van der Waals surface area contributed by atoms with Crippen molar-refractivity contribution in [3.8, 4) is 18.1 Å². The summed E-state index contributed by atoms with van der Waals surface area (Å²) in [4.78, 5) is 0. The maximum absolute atomic E-state index is 13.1. The number of hydrogen-bond acceptors (Lipinski definition) is 2. The molecule has 0 spiro atoms. The third-order valence-corrected chi connectivity index (χ3v) is 4.24. The van der Waals surface area contributed by atoms with Crippen LogP contribution in [0.5, 0.6) is 5.75 Å². The van der Waals surface area contributed by atoms with E-state index in [1.54, 1.807) is 12.1 Å². The number of nitrogens with one attached hydrogen (secondary N) is 1. The molecule has 6 heteroatoms. The van der Waals surface area contributed by atoms with Gasteiger partial charge in [0, 0.05) is 12.2 Å². The normalized spacial score (nSPS) is 10.1. The Balaban J connectivity index is 2.10. The first-order valence-corrected chi connectivity index (χ1v) is 8.20. The summed E-state index contributed by atoms with van der Waals surface area (Å²) in [6.45, 7) is 0.747. The predicted octanol–water partition coefficient (Wildman–Crippen LogP) is 5.63. The van der Waals surface area contributed by atoms with Crippen molar-refractivity contribution < 1.29 is 9.13 Å². The molecule has 0 saturated heterocycles. The van der Waals surface area contributed by atoms with Crippen LogP contribution in [0.4, 0.5) is 10.1 Å². The molecule has 22 heavy (non-hydrogen) atoms. The van der Waals surface area contributed by atoms with Gasteiger partial charge in [-0.2, -0.15) is 0 Å². The van der Waals surface area contributed by atoms with Gasteiger partial charge in [-0.25, -0.2) is 4.39 Å². The van der Waals surface area contributed by atoms with E-state index < -0.39 is 5.82 Å². The zero-order chi connectivity index (χ0) is 16.1. The first-order chi connectivity index (χ1) is 10.5.